The second-order valence-electron chi connectivity index (χ2n) is 5.85. The Morgan fingerprint density at radius 3 is 2.91 bits per heavy atom. The summed E-state index contributed by atoms with van der Waals surface area (Å²) >= 11 is 0. The summed E-state index contributed by atoms with van der Waals surface area (Å²) in [6, 6.07) is 5.20. The van der Waals surface area contributed by atoms with Crippen LogP contribution in [-0.2, 0) is 11.2 Å². The van der Waals surface area contributed by atoms with E-state index in [1.807, 2.05) is 0 Å². The lowest BCUT2D eigenvalue weighted by atomic mass is 10.0. The number of carbonyl (C=O) groups excluding carboxylic acids is 2. The molecule has 3 N–H and O–H groups in total. The number of aliphatic hydroxyl groups excluding tert-OH is 1. The Hall–Kier alpha value is -2.41. The van der Waals surface area contributed by atoms with Crippen molar-refractivity contribution in [1.29, 1.82) is 0 Å². The quantitative estimate of drug-likeness (QED) is 0.850. The van der Waals surface area contributed by atoms with Crippen molar-refractivity contribution in [2.75, 3.05) is 13.2 Å². The van der Waals surface area contributed by atoms with Crippen LogP contribution in [-0.4, -0.2) is 50.4 Å². The van der Waals surface area contributed by atoms with Gasteiger partial charge >= 0.3 is 0 Å². The molecule has 1 aliphatic heterocycles. The van der Waals surface area contributed by atoms with E-state index in [-0.39, 0.29) is 25.0 Å². The number of hydrogen-bond acceptors (Lipinski definition) is 4. The number of nitrogens with two attached hydrogens (primary N) is 1. The van der Waals surface area contributed by atoms with Gasteiger partial charge in [-0.15, -0.1) is 0 Å². The van der Waals surface area contributed by atoms with E-state index < -0.39 is 5.91 Å². The van der Waals surface area contributed by atoms with Gasteiger partial charge in [0, 0.05) is 18.4 Å². The monoisotopic (exact) mass is 316 g/mol. The predicted octanol–water partition coefficient (Wildman–Crippen LogP) is 0.349. The third-order valence-corrected chi connectivity index (χ3v) is 4.25. The number of piperidine rings is 1. The van der Waals surface area contributed by atoms with Gasteiger partial charge in [-0.3, -0.25) is 9.59 Å². The van der Waals surface area contributed by atoms with Gasteiger partial charge < -0.3 is 20.1 Å². The molecule has 7 heteroatoms. The Bertz CT molecular complexity index is 740. The van der Waals surface area contributed by atoms with Gasteiger partial charge in [0.1, 0.15) is 11.3 Å². The number of pyridine rings is 1. The number of nitrogens with zero attached hydrogens (tertiary/aromatic N) is 3. The van der Waals surface area contributed by atoms with Crippen LogP contribution < -0.4 is 5.73 Å². The van der Waals surface area contributed by atoms with Crippen LogP contribution in [0.1, 0.15) is 35.4 Å². The van der Waals surface area contributed by atoms with E-state index in [2.05, 4.69) is 4.98 Å². The molecule has 3 rings (SSSR count). The van der Waals surface area contributed by atoms with Crippen LogP contribution in [0.15, 0.2) is 24.4 Å². The third kappa shape index (κ3) is 3.05. The van der Waals surface area contributed by atoms with Crippen LogP contribution in [0.3, 0.4) is 0 Å². The van der Waals surface area contributed by atoms with Crippen LogP contribution in [0.4, 0.5) is 0 Å². The number of likely N-dealkylation sites (tertiary alicyclic amines) is 1. The molecule has 0 aliphatic carbocycles. The van der Waals surface area contributed by atoms with Crippen LogP contribution >= 0.6 is 0 Å². The third-order valence-electron chi connectivity index (χ3n) is 4.25. The summed E-state index contributed by atoms with van der Waals surface area (Å²) in [6.45, 7) is 0.595. The molecule has 1 fully saturated rings. The van der Waals surface area contributed by atoms with Gasteiger partial charge in [-0.2, -0.15) is 0 Å². The molecule has 0 radical (unpaired) electrons. The summed E-state index contributed by atoms with van der Waals surface area (Å²) in [5.41, 5.74) is 6.88. The number of imidazole rings is 1. The number of aromatic nitrogens is 2. The molecule has 2 aromatic heterocycles. The molecule has 122 valence electrons. The minimum absolute atomic E-state index is 0.0357. The summed E-state index contributed by atoms with van der Waals surface area (Å²) in [7, 11) is 0. The fraction of sp³-hybridized carbons (Fsp3) is 0.438. The molecular weight excluding hydrogens is 296 g/mol. The maximum atomic E-state index is 12.7. The highest BCUT2D eigenvalue weighted by Crippen LogP contribution is 2.20. The van der Waals surface area contributed by atoms with Gasteiger partial charge in [-0.1, -0.05) is 6.07 Å². The van der Waals surface area contributed by atoms with E-state index in [9.17, 15) is 14.7 Å². The molecule has 0 bridgehead atoms. The standard InChI is InChI=1S/C16H20N4O3/c17-14(22)8-11-5-3-6-15-18-13(9-20(11)15)16(23)19-7-2-1-4-12(19)10-21/h3,5-6,9,12,21H,1-2,4,7-8,10H2,(H2,17,22). The number of rotatable bonds is 4. The first kappa shape index (κ1) is 15.5. The zero-order valence-corrected chi connectivity index (χ0v) is 12.8. The molecule has 1 saturated heterocycles. The molecule has 0 aromatic carbocycles. The largest absolute Gasteiger partial charge is 0.394 e. The summed E-state index contributed by atoms with van der Waals surface area (Å²) in [5.74, 6) is -0.618. The van der Waals surface area contributed by atoms with Crippen LogP contribution in [0.25, 0.3) is 5.65 Å². The topological polar surface area (TPSA) is 101 Å². The van der Waals surface area contributed by atoms with Crippen molar-refractivity contribution >= 4 is 17.5 Å². The predicted molar refractivity (Wildman–Crippen MR) is 83.9 cm³/mol. The summed E-state index contributed by atoms with van der Waals surface area (Å²) in [6.07, 6.45) is 4.48. The number of hydrogen-bond donors (Lipinski definition) is 2. The highest BCUT2D eigenvalue weighted by atomic mass is 16.3. The van der Waals surface area contributed by atoms with Gasteiger partial charge in [0.25, 0.3) is 5.91 Å². The second-order valence-corrected chi connectivity index (χ2v) is 5.85. The molecule has 1 atom stereocenters. The highest BCUT2D eigenvalue weighted by molar-refractivity contribution is 5.93. The smallest absolute Gasteiger partial charge is 0.274 e. The maximum absolute atomic E-state index is 12.7. The van der Waals surface area contributed by atoms with E-state index in [1.165, 1.54) is 0 Å². The van der Waals surface area contributed by atoms with Gasteiger partial charge in [-0.25, -0.2) is 4.98 Å². The van der Waals surface area contributed by atoms with E-state index in [0.717, 1.165) is 19.3 Å². The van der Waals surface area contributed by atoms with Crippen molar-refractivity contribution in [3.8, 4) is 0 Å². The maximum Gasteiger partial charge on any atom is 0.274 e. The Morgan fingerprint density at radius 1 is 1.35 bits per heavy atom. The van der Waals surface area contributed by atoms with Crippen molar-refractivity contribution in [3.63, 3.8) is 0 Å². The van der Waals surface area contributed by atoms with E-state index in [4.69, 9.17) is 5.73 Å². The summed E-state index contributed by atoms with van der Waals surface area (Å²) < 4.78 is 1.72. The molecule has 23 heavy (non-hydrogen) atoms. The zero-order valence-electron chi connectivity index (χ0n) is 12.8. The van der Waals surface area contributed by atoms with Crippen molar-refractivity contribution < 1.29 is 14.7 Å². The first-order valence-electron chi connectivity index (χ1n) is 7.77. The highest BCUT2D eigenvalue weighted by Gasteiger charge is 2.28. The zero-order chi connectivity index (χ0) is 16.4. The lowest BCUT2D eigenvalue weighted by Gasteiger charge is -2.34. The Kier molecular flexibility index (Phi) is 4.29. The van der Waals surface area contributed by atoms with Crippen molar-refractivity contribution in [2.24, 2.45) is 5.73 Å². The van der Waals surface area contributed by atoms with Crippen LogP contribution in [0.5, 0.6) is 0 Å². The summed E-state index contributed by atoms with van der Waals surface area (Å²) in [4.78, 5) is 29.9. The van der Waals surface area contributed by atoms with E-state index in [0.29, 0.717) is 23.6 Å². The van der Waals surface area contributed by atoms with Crippen LogP contribution in [0, 0.1) is 0 Å². The Labute approximate surface area is 133 Å². The fourth-order valence-electron chi connectivity index (χ4n) is 3.10. The van der Waals surface area contributed by atoms with Gasteiger partial charge in [-0.05, 0) is 31.4 Å². The fourth-order valence-corrected chi connectivity index (χ4v) is 3.10. The average molecular weight is 316 g/mol. The molecular formula is C16H20N4O3. The first-order chi connectivity index (χ1) is 11.1. The first-order valence-corrected chi connectivity index (χ1v) is 7.77. The van der Waals surface area contributed by atoms with Crippen molar-refractivity contribution in [1.82, 2.24) is 14.3 Å². The average Bonchev–Trinajstić information content (AvgIpc) is 2.99. The molecule has 0 spiro atoms. The van der Waals surface area contributed by atoms with Gasteiger partial charge in [0.2, 0.25) is 5.91 Å². The molecule has 0 saturated carbocycles. The van der Waals surface area contributed by atoms with Crippen LogP contribution in [0.2, 0.25) is 0 Å². The molecule has 2 aromatic rings. The van der Waals surface area contributed by atoms with Gasteiger partial charge in [0.15, 0.2) is 0 Å². The van der Waals surface area contributed by atoms with Crippen molar-refractivity contribution in [2.45, 2.75) is 31.7 Å². The number of carbonyl (C=O) groups is 2. The molecule has 2 amide bonds. The molecule has 3 heterocycles. The minimum atomic E-state index is -0.435. The van der Waals surface area contributed by atoms with E-state index in [1.54, 1.807) is 33.7 Å². The normalized spacial score (nSPS) is 18.3. The molecule has 7 nitrogen and oxygen atoms in total. The number of fused-ring (bicyclic) bond motifs is 1. The second kappa shape index (κ2) is 6.37. The number of aliphatic hydroxyl groups is 1. The number of primary amides is 1. The summed E-state index contributed by atoms with van der Waals surface area (Å²) in [5, 5.41) is 9.47. The van der Waals surface area contributed by atoms with Crippen molar-refractivity contribution in [3.05, 3.63) is 35.8 Å². The Balaban J connectivity index is 1.93. The van der Waals surface area contributed by atoms with E-state index >= 15 is 0 Å². The minimum Gasteiger partial charge on any atom is -0.394 e. The molecule has 1 unspecified atom stereocenters. The molecule has 1 aliphatic rings. The lowest BCUT2D eigenvalue weighted by molar-refractivity contribution is -0.117. The number of amides is 2. The SMILES string of the molecule is NC(=O)Cc1cccc2nc(C(=O)N3CCCCC3CO)cn12. The lowest BCUT2D eigenvalue weighted by Crippen LogP contribution is -2.45. The Morgan fingerprint density at radius 2 is 2.17 bits per heavy atom. The van der Waals surface area contributed by atoms with Gasteiger partial charge in [0.05, 0.1) is 19.1 Å².